The molecule has 5 rings (SSSR count). The van der Waals surface area contributed by atoms with E-state index in [0.717, 1.165) is 42.9 Å². The first-order chi connectivity index (χ1) is 16.8. The van der Waals surface area contributed by atoms with E-state index in [-0.39, 0.29) is 17.7 Å². The van der Waals surface area contributed by atoms with Gasteiger partial charge in [0.25, 0.3) is 5.56 Å². The molecule has 0 radical (unpaired) electrons. The zero-order chi connectivity index (χ0) is 24.6. The molecule has 0 aliphatic carbocycles. The van der Waals surface area contributed by atoms with Crippen LogP contribution < -0.4 is 15.2 Å². The van der Waals surface area contributed by atoms with E-state index in [2.05, 4.69) is 14.7 Å². The Morgan fingerprint density at radius 1 is 1.00 bits per heavy atom. The Morgan fingerprint density at radius 2 is 1.69 bits per heavy atom. The van der Waals surface area contributed by atoms with Crippen LogP contribution in [0.1, 0.15) is 36.1 Å². The number of fused-ring (bicyclic) bond motifs is 1. The molecular weight excluding hydrogens is 457 g/mol. The molecular formula is C26H25F3N4O2. The van der Waals surface area contributed by atoms with Crippen molar-refractivity contribution in [3.63, 3.8) is 0 Å². The standard InChI is InChI=1S/C26H25F3N4O2/c1-17-21(16-18-10-12-20(13-11-18)35-26(27,28)29)25(34)33-24(30-17)23(32-14-6-3-7-15-32)22(31-33)19-8-4-2-5-9-19/h2,4-5,8-13,31H,3,6-7,14-16H2,1H3. The number of alkyl halides is 3. The van der Waals surface area contributed by atoms with Crippen molar-refractivity contribution >= 4 is 11.3 Å². The van der Waals surface area contributed by atoms with Crippen molar-refractivity contribution in [1.29, 1.82) is 0 Å². The molecule has 1 saturated heterocycles. The molecule has 9 heteroatoms. The van der Waals surface area contributed by atoms with Crippen LogP contribution in [-0.2, 0) is 6.42 Å². The third-order valence-electron chi connectivity index (χ3n) is 6.33. The van der Waals surface area contributed by atoms with Crippen LogP contribution in [0.4, 0.5) is 18.9 Å². The van der Waals surface area contributed by atoms with Crippen LogP contribution in [0.2, 0.25) is 0 Å². The molecule has 1 N–H and O–H groups in total. The minimum absolute atomic E-state index is 0.219. The molecule has 0 bridgehead atoms. The minimum Gasteiger partial charge on any atom is -0.406 e. The lowest BCUT2D eigenvalue weighted by atomic mass is 10.0. The van der Waals surface area contributed by atoms with Gasteiger partial charge in [-0.15, -0.1) is 13.2 Å². The summed E-state index contributed by atoms with van der Waals surface area (Å²) in [5.74, 6) is -0.300. The number of aromatic amines is 1. The Hall–Kier alpha value is -3.75. The number of benzene rings is 2. The molecule has 182 valence electrons. The molecule has 0 unspecified atom stereocenters. The lowest BCUT2D eigenvalue weighted by Gasteiger charge is -2.28. The van der Waals surface area contributed by atoms with E-state index < -0.39 is 6.36 Å². The van der Waals surface area contributed by atoms with Gasteiger partial charge in [-0.25, -0.2) is 4.98 Å². The number of aryl methyl sites for hydroxylation is 1. The number of halogens is 3. The van der Waals surface area contributed by atoms with Crippen molar-refractivity contribution in [3.8, 4) is 17.0 Å². The molecule has 0 atom stereocenters. The number of rotatable bonds is 5. The van der Waals surface area contributed by atoms with Crippen LogP contribution in [0.25, 0.3) is 16.9 Å². The smallest absolute Gasteiger partial charge is 0.406 e. The molecule has 35 heavy (non-hydrogen) atoms. The summed E-state index contributed by atoms with van der Waals surface area (Å²) in [6.07, 6.45) is -1.15. The first-order valence-corrected chi connectivity index (χ1v) is 11.6. The van der Waals surface area contributed by atoms with Crippen LogP contribution in [0.3, 0.4) is 0 Å². The van der Waals surface area contributed by atoms with Crippen molar-refractivity contribution in [2.75, 3.05) is 18.0 Å². The van der Waals surface area contributed by atoms with Gasteiger partial charge in [0, 0.05) is 36.3 Å². The van der Waals surface area contributed by atoms with E-state index in [1.807, 2.05) is 30.3 Å². The molecule has 6 nitrogen and oxygen atoms in total. The maximum atomic E-state index is 13.6. The quantitative estimate of drug-likeness (QED) is 0.409. The largest absolute Gasteiger partial charge is 0.573 e. The summed E-state index contributed by atoms with van der Waals surface area (Å²) >= 11 is 0. The molecule has 3 heterocycles. The van der Waals surface area contributed by atoms with E-state index in [4.69, 9.17) is 4.98 Å². The van der Waals surface area contributed by atoms with Crippen LogP contribution in [0.5, 0.6) is 5.75 Å². The van der Waals surface area contributed by atoms with E-state index >= 15 is 0 Å². The van der Waals surface area contributed by atoms with Gasteiger partial charge in [-0.3, -0.25) is 9.89 Å². The van der Waals surface area contributed by atoms with Gasteiger partial charge >= 0.3 is 6.36 Å². The molecule has 0 saturated carbocycles. The number of hydrogen-bond acceptors (Lipinski definition) is 4. The topological polar surface area (TPSA) is 62.6 Å². The summed E-state index contributed by atoms with van der Waals surface area (Å²) < 4.78 is 42.8. The number of nitrogens with one attached hydrogen (secondary N) is 1. The van der Waals surface area contributed by atoms with Crippen molar-refractivity contribution in [3.05, 3.63) is 81.8 Å². The summed E-state index contributed by atoms with van der Waals surface area (Å²) in [7, 11) is 0. The van der Waals surface area contributed by atoms with E-state index in [0.29, 0.717) is 22.5 Å². The van der Waals surface area contributed by atoms with Gasteiger partial charge < -0.3 is 9.64 Å². The predicted molar refractivity (Wildman–Crippen MR) is 128 cm³/mol. The predicted octanol–water partition coefficient (Wildman–Crippen LogP) is 5.48. The zero-order valence-corrected chi connectivity index (χ0v) is 19.2. The average molecular weight is 483 g/mol. The molecule has 0 spiro atoms. The molecule has 2 aromatic heterocycles. The summed E-state index contributed by atoms with van der Waals surface area (Å²) in [6, 6.07) is 15.4. The maximum Gasteiger partial charge on any atom is 0.573 e. The fraction of sp³-hybridized carbons (Fsp3) is 0.308. The van der Waals surface area contributed by atoms with Gasteiger partial charge in [-0.05, 0) is 43.9 Å². The molecule has 1 fully saturated rings. The van der Waals surface area contributed by atoms with E-state index in [1.165, 1.54) is 35.2 Å². The number of aromatic nitrogens is 3. The monoisotopic (exact) mass is 482 g/mol. The highest BCUT2D eigenvalue weighted by Crippen LogP contribution is 2.35. The second-order valence-electron chi connectivity index (χ2n) is 8.76. The SMILES string of the molecule is Cc1nc2c(N3CCCCC3)c(-c3ccccc3)[nH]n2c(=O)c1Cc1ccc(OC(F)(F)F)cc1. The summed E-state index contributed by atoms with van der Waals surface area (Å²) in [6.45, 7) is 3.60. The molecule has 1 aliphatic rings. The van der Waals surface area contributed by atoms with Crippen molar-refractivity contribution in [2.24, 2.45) is 0 Å². The van der Waals surface area contributed by atoms with Crippen LogP contribution >= 0.6 is 0 Å². The molecule has 2 aromatic carbocycles. The number of anilines is 1. The van der Waals surface area contributed by atoms with Gasteiger partial charge in [-0.1, -0.05) is 42.5 Å². The number of hydrogen-bond donors (Lipinski definition) is 1. The van der Waals surface area contributed by atoms with Crippen LogP contribution in [0, 0.1) is 6.92 Å². The lowest BCUT2D eigenvalue weighted by Crippen LogP contribution is -2.30. The second-order valence-corrected chi connectivity index (χ2v) is 8.76. The Balaban J connectivity index is 1.57. The van der Waals surface area contributed by atoms with E-state index in [9.17, 15) is 18.0 Å². The van der Waals surface area contributed by atoms with Crippen LogP contribution in [-0.4, -0.2) is 34.0 Å². The summed E-state index contributed by atoms with van der Waals surface area (Å²) in [5.41, 5.74) is 4.89. The zero-order valence-electron chi connectivity index (χ0n) is 19.2. The third kappa shape index (κ3) is 4.76. The fourth-order valence-corrected chi connectivity index (χ4v) is 4.64. The van der Waals surface area contributed by atoms with Crippen molar-refractivity contribution in [2.45, 2.75) is 39.0 Å². The first-order valence-electron chi connectivity index (χ1n) is 11.6. The number of piperidine rings is 1. The number of ether oxygens (including phenoxy) is 1. The second kappa shape index (κ2) is 9.13. The number of nitrogens with zero attached hydrogens (tertiary/aromatic N) is 3. The Kier molecular flexibility index (Phi) is 6.00. The first kappa shape index (κ1) is 23.0. The van der Waals surface area contributed by atoms with Crippen molar-refractivity contribution in [1.82, 2.24) is 14.6 Å². The molecule has 4 aromatic rings. The highest BCUT2D eigenvalue weighted by molar-refractivity contribution is 5.86. The molecule has 1 aliphatic heterocycles. The lowest BCUT2D eigenvalue weighted by molar-refractivity contribution is -0.274. The average Bonchev–Trinajstić information content (AvgIpc) is 3.22. The Labute approximate surface area is 200 Å². The van der Waals surface area contributed by atoms with Gasteiger partial charge in [-0.2, -0.15) is 4.52 Å². The Morgan fingerprint density at radius 3 is 2.34 bits per heavy atom. The molecule has 0 amide bonds. The Bertz CT molecular complexity index is 1390. The maximum absolute atomic E-state index is 13.6. The van der Waals surface area contributed by atoms with Gasteiger partial charge in [0.2, 0.25) is 0 Å². The van der Waals surface area contributed by atoms with Gasteiger partial charge in [0.05, 0.1) is 5.69 Å². The highest BCUT2D eigenvalue weighted by atomic mass is 19.4. The highest BCUT2D eigenvalue weighted by Gasteiger charge is 2.31. The normalized spacial score (nSPS) is 14.5. The van der Waals surface area contributed by atoms with Gasteiger partial charge in [0.15, 0.2) is 5.65 Å². The van der Waals surface area contributed by atoms with Gasteiger partial charge in [0.1, 0.15) is 11.4 Å². The minimum atomic E-state index is -4.75. The van der Waals surface area contributed by atoms with E-state index in [1.54, 1.807) is 6.92 Å². The third-order valence-corrected chi connectivity index (χ3v) is 6.33. The van der Waals surface area contributed by atoms with Crippen LogP contribution in [0.15, 0.2) is 59.4 Å². The summed E-state index contributed by atoms with van der Waals surface area (Å²) in [5, 5.41) is 3.29. The van der Waals surface area contributed by atoms with Crippen molar-refractivity contribution < 1.29 is 17.9 Å². The fourth-order valence-electron chi connectivity index (χ4n) is 4.64. The number of H-pyrrole nitrogens is 1. The summed E-state index contributed by atoms with van der Waals surface area (Å²) in [4.78, 5) is 20.7.